The molecule has 0 aliphatic rings. The normalized spacial score (nSPS) is 10.2. The lowest BCUT2D eigenvalue weighted by Crippen LogP contribution is -2.12. The van der Waals surface area contributed by atoms with Crippen molar-refractivity contribution in [3.63, 3.8) is 0 Å². The van der Waals surface area contributed by atoms with E-state index in [9.17, 15) is 9.59 Å². The minimum absolute atomic E-state index is 0.0791. The van der Waals surface area contributed by atoms with Crippen LogP contribution < -0.4 is 10.6 Å². The molecule has 0 spiro atoms. The third kappa shape index (κ3) is 5.96. The zero-order valence-corrected chi connectivity index (χ0v) is 14.2. The van der Waals surface area contributed by atoms with Crippen LogP contribution in [0.4, 0.5) is 11.4 Å². The lowest BCUT2D eigenvalue weighted by atomic mass is 10.2. The Bertz CT molecular complexity index is 706. The molecule has 2 N–H and O–H groups in total. The smallest absolute Gasteiger partial charge is 0.225 e. The molecule has 4 nitrogen and oxygen atoms in total. The van der Waals surface area contributed by atoms with Crippen molar-refractivity contribution in [2.75, 3.05) is 16.4 Å². The molecule has 0 saturated heterocycles. The highest BCUT2D eigenvalue weighted by molar-refractivity contribution is 7.99. The summed E-state index contributed by atoms with van der Waals surface area (Å²) < 4.78 is 0. The summed E-state index contributed by atoms with van der Waals surface area (Å²) in [5, 5.41) is 6.20. The molecule has 0 saturated carbocycles. The molecule has 120 valence electrons. The molecule has 23 heavy (non-hydrogen) atoms. The van der Waals surface area contributed by atoms with Crippen LogP contribution in [0.2, 0.25) is 5.02 Å². The fraction of sp³-hybridized carbons (Fsp3) is 0.176. The van der Waals surface area contributed by atoms with E-state index < -0.39 is 0 Å². The van der Waals surface area contributed by atoms with Gasteiger partial charge in [0.05, 0.1) is 5.02 Å². The van der Waals surface area contributed by atoms with Crippen molar-refractivity contribution in [3.05, 3.63) is 53.6 Å². The number of nitrogens with one attached hydrogen (secondary N) is 2. The average Bonchev–Trinajstić information content (AvgIpc) is 2.49. The number of carbonyl (C=O) groups excluding carboxylic acids is 2. The Hall–Kier alpha value is -1.98. The Morgan fingerprint density at radius 3 is 2.43 bits per heavy atom. The fourth-order valence-corrected chi connectivity index (χ4v) is 3.10. The lowest BCUT2D eigenvalue weighted by Gasteiger charge is -2.08. The monoisotopic (exact) mass is 348 g/mol. The molecular weight excluding hydrogens is 332 g/mol. The molecule has 2 amide bonds. The lowest BCUT2D eigenvalue weighted by molar-refractivity contribution is -0.116. The Balaban J connectivity index is 1.83. The largest absolute Gasteiger partial charge is 0.326 e. The van der Waals surface area contributed by atoms with E-state index in [1.54, 1.807) is 36.0 Å². The molecule has 6 heteroatoms. The first-order valence-electron chi connectivity index (χ1n) is 7.09. The van der Waals surface area contributed by atoms with E-state index in [1.807, 2.05) is 24.3 Å². The van der Waals surface area contributed by atoms with E-state index in [4.69, 9.17) is 11.6 Å². The quantitative estimate of drug-likeness (QED) is 0.760. The average molecular weight is 349 g/mol. The fourth-order valence-electron chi connectivity index (χ4n) is 1.92. The van der Waals surface area contributed by atoms with Gasteiger partial charge in [0, 0.05) is 35.4 Å². The van der Waals surface area contributed by atoms with E-state index in [0.717, 1.165) is 4.90 Å². The van der Waals surface area contributed by atoms with E-state index in [2.05, 4.69) is 10.6 Å². The highest BCUT2D eigenvalue weighted by Gasteiger charge is 2.05. The van der Waals surface area contributed by atoms with Crippen LogP contribution in [0.1, 0.15) is 13.3 Å². The van der Waals surface area contributed by atoms with Crippen molar-refractivity contribution < 1.29 is 9.59 Å². The molecule has 0 heterocycles. The van der Waals surface area contributed by atoms with E-state index in [1.165, 1.54) is 6.92 Å². The van der Waals surface area contributed by atoms with Crippen LogP contribution in [0.3, 0.4) is 0 Å². The summed E-state index contributed by atoms with van der Waals surface area (Å²) in [4.78, 5) is 24.0. The molecule has 0 aliphatic heterocycles. The zero-order valence-electron chi connectivity index (χ0n) is 12.6. The zero-order chi connectivity index (χ0) is 16.7. The van der Waals surface area contributed by atoms with Crippen molar-refractivity contribution in [2.45, 2.75) is 18.2 Å². The SMILES string of the molecule is CC(=O)Nc1cccc(NC(=O)CCSc2ccccc2Cl)c1. The van der Waals surface area contributed by atoms with Crippen molar-refractivity contribution in [1.29, 1.82) is 0 Å². The first-order valence-corrected chi connectivity index (χ1v) is 8.46. The summed E-state index contributed by atoms with van der Waals surface area (Å²) in [6, 6.07) is 14.6. The van der Waals surface area contributed by atoms with E-state index in [0.29, 0.717) is 28.6 Å². The maximum Gasteiger partial charge on any atom is 0.225 e. The Labute approximate surface area is 144 Å². The van der Waals surface area contributed by atoms with Gasteiger partial charge in [-0.15, -0.1) is 11.8 Å². The second kappa shape index (κ2) is 8.60. The van der Waals surface area contributed by atoms with Crippen molar-refractivity contribution in [1.82, 2.24) is 0 Å². The van der Waals surface area contributed by atoms with Crippen LogP contribution in [0.15, 0.2) is 53.4 Å². The number of anilines is 2. The van der Waals surface area contributed by atoms with Crippen LogP contribution in [0.25, 0.3) is 0 Å². The third-order valence-corrected chi connectivity index (χ3v) is 4.41. The summed E-state index contributed by atoms with van der Waals surface area (Å²) in [5.74, 6) is 0.412. The third-order valence-electron chi connectivity index (χ3n) is 2.89. The van der Waals surface area contributed by atoms with Gasteiger partial charge >= 0.3 is 0 Å². The number of thioether (sulfide) groups is 1. The molecule has 0 aromatic heterocycles. The van der Waals surface area contributed by atoms with Gasteiger partial charge in [-0.3, -0.25) is 9.59 Å². The van der Waals surface area contributed by atoms with Gasteiger partial charge in [-0.25, -0.2) is 0 Å². The summed E-state index contributed by atoms with van der Waals surface area (Å²) in [5.41, 5.74) is 1.31. The first-order chi connectivity index (χ1) is 11.0. The van der Waals surface area contributed by atoms with Crippen molar-refractivity contribution >= 4 is 46.6 Å². The highest BCUT2D eigenvalue weighted by Crippen LogP contribution is 2.27. The van der Waals surface area contributed by atoms with Gasteiger partial charge in [-0.05, 0) is 30.3 Å². The number of benzene rings is 2. The van der Waals surface area contributed by atoms with Crippen molar-refractivity contribution in [3.8, 4) is 0 Å². The summed E-state index contributed by atoms with van der Waals surface area (Å²) in [7, 11) is 0. The molecule has 2 aromatic rings. The molecular formula is C17H17ClN2O2S. The van der Waals surface area contributed by atoms with E-state index in [-0.39, 0.29) is 11.8 Å². The minimum atomic E-state index is -0.149. The van der Waals surface area contributed by atoms with Gasteiger partial charge in [0.2, 0.25) is 11.8 Å². The summed E-state index contributed by atoms with van der Waals surface area (Å²) in [6.45, 7) is 1.44. The van der Waals surface area contributed by atoms with Crippen LogP contribution in [0.5, 0.6) is 0 Å². The van der Waals surface area contributed by atoms with Gasteiger partial charge in [0.25, 0.3) is 0 Å². The molecule has 0 bridgehead atoms. The second-order valence-corrected chi connectivity index (χ2v) is 6.38. The maximum atomic E-state index is 12.0. The number of halogens is 1. The standard InChI is InChI=1S/C17H17ClN2O2S/c1-12(21)19-13-5-4-6-14(11-13)20-17(22)9-10-23-16-8-3-2-7-15(16)18/h2-8,11H,9-10H2,1H3,(H,19,21)(H,20,22). The van der Waals surface area contributed by atoms with Gasteiger partial charge in [0.1, 0.15) is 0 Å². The molecule has 0 aliphatic carbocycles. The Kier molecular flexibility index (Phi) is 6.50. The van der Waals surface area contributed by atoms with Gasteiger partial charge in [-0.1, -0.05) is 29.8 Å². The molecule has 0 fully saturated rings. The molecule has 0 radical (unpaired) electrons. The Morgan fingerprint density at radius 1 is 1.04 bits per heavy atom. The predicted molar refractivity (Wildman–Crippen MR) is 96.2 cm³/mol. The summed E-state index contributed by atoms with van der Waals surface area (Å²) >= 11 is 7.62. The topological polar surface area (TPSA) is 58.2 Å². The van der Waals surface area contributed by atoms with Crippen LogP contribution >= 0.6 is 23.4 Å². The predicted octanol–water partition coefficient (Wildman–Crippen LogP) is 4.42. The van der Waals surface area contributed by atoms with Crippen LogP contribution in [0, 0.1) is 0 Å². The first kappa shape index (κ1) is 17.4. The van der Waals surface area contributed by atoms with Crippen LogP contribution in [-0.4, -0.2) is 17.6 Å². The summed E-state index contributed by atoms with van der Waals surface area (Å²) in [6.07, 6.45) is 0.375. The van der Waals surface area contributed by atoms with Gasteiger partial charge in [-0.2, -0.15) is 0 Å². The molecule has 0 atom stereocenters. The Morgan fingerprint density at radius 2 is 1.74 bits per heavy atom. The number of hydrogen-bond acceptors (Lipinski definition) is 3. The maximum absolute atomic E-state index is 12.0. The molecule has 2 rings (SSSR count). The van der Waals surface area contributed by atoms with Gasteiger partial charge < -0.3 is 10.6 Å². The number of rotatable bonds is 6. The number of amides is 2. The molecule has 0 unspecified atom stereocenters. The van der Waals surface area contributed by atoms with Crippen molar-refractivity contribution in [2.24, 2.45) is 0 Å². The number of carbonyl (C=O) groups is 2. The highest BCUT2D eigenvalue weighted by atomic mass is 35.5. The van der Waals surface area contributed by atoms with Gasteiger partial charge in [0.15, 0.2) is 0 Å². The second-order valence-electron chi connectivity index (χ2n) is 4.84. The van der Waals surface area contributed by atoms with Crippen LogP contribution in [-0.2, 0) is 9.59 Å². The minimum Gasteiger partial charge on any atom is -0.326 e. The van der Waals surface area contributed by atoms with E-state index >= 15 is 0 Å². The number of hydrogen-bond donors (Lipinski definition) is 2. The molecule has 2 aromatic carbocycles.